The summed E-state index contributed by atoms with van der Waals surface area (Å²) in [5.74, 6) is -1.08. The lowest BCUT2D eigenvalue weighted by molar-refractivity contribution is 0.100. The van der Waals surface area contributed by atoms with Crippen molar-refractivity contribution in [3.8, 4) is 0 Å². The first-order chi connectivity index (χ1) is 10.6. The molecule has 116 valence electrons. The summed E-state index contributed by atoms with van der Waals surface area (Å²) in [5.41, 5.74) is 0.828. The SMILES string of the molecule is C=CN(C)C1=C(F)/C(=N/OCCCC)c2ccccc2C1=O. The van der Waals surface area contributed by atoms with Crippen LogP contribution in [0.1, 0.15) is 35.7 Å². The zero-order valence-corrected chi connectivity index (χ0v) is 12.8. The number of fused-ring (bicyclic) bond motifs is 1. The van der Waals surface area contributed by atoms with Crippen LogP contribution in [0.25, 0.3) is 0 Å². The van der Waals surface area contributed by atoms with Crippen LogP contribution in [-0.4, -0.2) is 30.0 Å². The van der Waals surface area contributed by atoms with E-state index in [0.29, 0.717) is 17.7 Å². The summed E-state index contributed by atoms with van der Waals surface area (Å²) >= 11 is 0. The average molecular weight is 302 g/mol. The number of likely N-dealkylation sites (N-methyl/N-ethyl adjacent to an activating group) is 1. The average Bonchev–Trinajstić information content (AvgIpc) is 2.54. The molecule has 0 heterocycles. The second-order valence-electron chi connectivity index (χ2n) is 4.96. The first-order valence-corrected chi connectivity index (χ1v) is 7.21. The van der Waals surface area contributed by atoms with Gasteiger partial charge in [-0.2, -0.15) is 0 Å². The standard InChI is InChI=1S/C17H19FN2O2/c1-4-6-11-22-19-15-12-9-7-8-10-13(12)17(21)16(14(15)18)20(3)5-2/h5,7-10H,2,4,6,11H2,1,3H3/b19-15+. The topological polar surface area (TPSA) is 41.9 Å². The van der Waals surface area contributed by atoms with E-state index in [0.717, 1.165) is 12.8 Å². The van der Waals surface area contributed by atoms with Gasteiger partial charge in [0.15, 0.2) is 5.83 Å². The molecule has 0 aromatic heterocycles. The van der Waals surface area contributed by atoms with Crippen molar-refractivity contribution in [2.45, 2.75) is 19.8 Å². The lowest BCUT2D eigenvalue weighted by atomic mass is 9.91. The molecule has 0 radical (unpaired) electrons. The number of nitrogens with zero attached hydrogens (tertiary/aromatic N) is 2. The fraction of sp³-hybridized carbons (Fsp3) is 0.294. The smallest absolute Gasteiger partial charge is 0.213 e. The molecule has 5 heteroatoms. The minimum Gasteiger partial charge on any atom is -0.395 e. The van der Waals surface area contributed by atoms with Gasteiger partial charge in [0.05, 0.1) is 0 Å². The number of hydrogen-bond acceptors (Lipinski definition) is 4. The highest BCUT2D eigenvalue weighted by Gasteiger charge is 2.33. The molecule has 0 saturated carbocycles. The maximum Gasteiger partial charge on any atom is 0.213 e. The second kappa shape index (κ2) is 7.02. The first kappa shape index (κ1) is 15.9. The van der Waals surface area contributed by atoms with Gasteiger partial charge in [-0.15, -0.1) is 0 Å². The molecule has 0 N–H and O–H groups in total. The molecule has 0 bridgehead atoms. The molecule has 1 aromatic carbocycles. The lowest BCUT2D eigenvalue weighted by Crippen LogP contribution is -2.28. The Morgan fingerprint density at radius 2 is 2.05 bits per heavy atom. The summed E-state index contributed by atoms with van der Waals surface area (Å²) in [6.45, 7) is 6.02. The summed E-state index contributed by atoms with van der Waals surface area (Å²) in [6.07, 6.45) is 3.18. The van der Waals surface area contributed by atoms with Crippen molar-refractivity contribution in [1.82, 2.24) is 4.90 Å². The summed E-state index contributed by atoms with van der Waals surface area (Å²) < 4.78 is 14.7. The van der Waals surface area contributed by atoms with Gasteiger partial charge in [-0.3, -0.25) is 4.79 Å². The summed E-state index contributed by atoms with van der Waals surface area (Å²) in [7, 11) is 1.57. The predicted molar refractivity (Wildman–Crippen MR) is 84.3 cm³/mol. The molecule has 0 saturated heterocycles. The summed E-state index contributed by atoms with van der Waals surface area (Å²) in [4.78, 5) is 19.0. The van der Waals surface area contributed by atoms with Gasteiger partial charge in [0.1, 0.15) is 18.0 Å². The maximum absolute atomic E-state index is 14.7. The highest BCUT2D eigenvalue weighted by molar-refractivity contribution is 6.27. The Hall–Kier alpha value is -2.43. The Morgan fingerprint density at radius 3 is 2.68 bits per heavy atom. The van der Waals surface area contributed by atoms with Crippen LogP contribution in [0.15, 0.2) is 53.7 Å². The van der Waals surface area contributed by atoms with Gasteiger partial charge in [0.2, 0.25) is 5.78 Å². The predicted octanol–water partition coefficient (Wildman–Crippen LogP) is 3.66. The van der Waals surface area contributed by atoms with Gasteiger partial charge in [-0.25, -0.2) is 4.39 Å². The molecular formula is C17H19FN2O2. The van der Waals surface area contributed by atoms with Crippen LogP contribution >= 0.6 is 0 Å². The third-order valence-corrected chi connectivity index (χ3v) is 3.43. The molecular weight excluding hydrogens is 283 g/mol. The Labute approximate surface area is 129 Å². The van der Waals surface area contributed by atoms with E-state index in [9.17, 15) is 9.18 Å². The number of halogens is 1. The number of carbonyl (C=O) groups is 1. The Bertz CT molecular complexity index is 650. The maximum atomic E-state index is 14.7. The Balaban J connectivity index is 2.49. The van der Waals surface area contributed by atoms with Crippen molar-refractivity contribution >= 4 is 11.5 Å². The minimum absolute atomic E-state index is 0.0509. The van der Waals surface area contributed by atoms with Gasteiger partial charge >= 0.3 is 0 Å². The van der Waals surface area contributed by atoms with E-state index in [1.165, 1.54) is 11.1 Å². The molecule has 1 aliphatic rings. The van der Waals surface area contributed by atoms with Gasteiger partial charge in [-0.1, -0.05) is 49.3 Å². The zero-order valence-electron chi connectivity index (χ0n) is 12.8. The van der Waals surface area contributed by atoms with Gasteiger partial charge in [0, 0.05) is 18.2 Å². The quantitative estimate of drug-likeness (QED) is 0.595. The number of unbranched alkanes of at least 4 members (excludes halogenated alkanes) is 1. The molecule has 2 rings (SSSR count). The van der Waals surface area contributed by atoms with Crippen LogP contribution in [-0.2, 0) is 4.84 Å². The fourth-order valence-electron chi connectivity index (χ4n) is 2.16. The molecule has 0 aliphatic heterocycles. The normalized spacial score (nSPS) is 15.8. The minimum atomic E-state index is -0.692. The van der Waals surface area contributed by atoms with Crippen LogP contribution in [0.3, 0.4) is 0 Å². The third kappa shape index (κ3) is 2.93. The van der Waals surface area contributed by atoms with Crippen LogP contribution < -0.4 is 0 Å². The molecule has 22 heavy (non-hydrogen) atoms. The van der Waals surface area contributed by atoms with Crippen molar-refractivity contribution < 1.29 is 14.0 Å². The van der Waals surface area contributed by atoms with Crippen LogP contribution in [0.4, 0.5) is 4.39 Å². The third-order valence-electron chi connectivity index (χ3n) is 3.43. The number of hydrogen-bond donors (Lipinski definition) is 0. The number of ketones is 1. The van der Waals surface area contributed by atoms with Crippen molar-refractivity contribution in [2.24, 2.45) is 5.16 Å². The molecule has 0 amide bonds. The van der Waals surface area contributed by atoms with Crippen molar-refractivity contribution in [1.29, 1.82) is 0 Å². The summed E-state index contributed by atoms with van der Waals surface area (Å²) in [6, 6.07) is 6.80. The first-order valence-electron chi connectivity index (χ1n) is 7.21. The van der Waals surface area contributed by atoms with Crippen LogP contribution in [0.5, 0.6) is 0 Å². The van der Waals surface area contributed by atoms with E-state index in [1.54, 1.807) is 31.3 Å². The molecule has 0 unspecified atom stereocenters. The van der Waals surface area contributed by atoms with Crippen LogP contribution in [0.2, 0.25) is 0 Å². The lowest BCUT2D eigenvalue weighted by Gasteiger charge is -2.24. The summed E-state index contributed by atoms with van der Waals surface area (Å²) in [5, 5.41) is 3.92. The molecule has 0 spiro atoms. The van der Waals surface area contributed by atoms with Crippen molar-refractivity contribution in [3.05, 3.63) is 59.7 Å². The van der Waals surface area contributed by atoms with Crippen LogP contribution in [0, 0.1) is 0 Å². The number of allylic oxidation sites excluding steroid dienone is 2. The molecule has 0 fully saturated rings. The number of benzene rings is 1. The number of Topliss-reactive ketones (excluding diaryl/α,β-unsaturated/α-hetero) is 1. The Morgan fingerprint density at radius 1 is 1.36 bits per heavy atom. The molecule has 4 nitrogen and oxygen atoms in total. The number of oxime groups is 1. The highest BCUT2D eigenvalue weighted by atomic mass is 19.1. The monoisotopic (exact) mass is 302 g/mol. The highest BCUT2D eigenvalue weighted by Crippen LogP contribution is 2.29. The number of carbonyl (C=O) groups excluding carboxylic acids is 1. The Kier molecular flexibility index (Phi) is 5.09. The fourth-order valence-corrected chi connectivity index (χ4v) is 2.16. The second-order valence-corrected chi connectivity index (χ2v) is 4.96. The molecule has 0 atom stereocenters. The largest absolute Gasteiger partial charge is 0.395 e. The zero-order chi connectivity index (χ0) is 16.1. The number of rotatable bonds is 6. The van der Waals surface area contributed by atoms with Crippen molar-refractivity contribution in [3.63, 3.8) is 0 Å². The van der Waals surface area contributed by atoms with E-state index >= 15 is 0 Å². The van der Waals surface area contributed by atoms with E-state index in [1.807, 2.05) is 6.92 Å². The van der Waals surface area contributed by atoms with Gasteiger partial charge < -0.3 is 9.74 Å². The van der Waals surface area contributed by atoms with E-state index in [4.69, 9.17) is 4.84 Å². The van der Waals surface area contributed by atoms with Gasteiger partial charge in [0.25, 0.3) is 0 Å². The van der Waals surface area contributed by atoms with E-state index in [2.05, 4.69) is 11.7 Å². The van der Waals surface area contributed by atoms with E-state index < -0.39 is 5.83 Å². The van der Waals surface area contributed by atoms with Gasteiger partial charge in [-0.05, 0) is 12.6 Å². The molecule has 1 aromatic rings. The molecule has 1 aliphatic carbocycles. The van der Waals surface area contributed by atoms with Crippen molar-refractivity contribution in [2.75, 3.05) is 13.7 Å². The van der Waals surface area contributed by atoms with E-state index in [-0.39, 0.29) is 17.2 Å².